The SMILES string of the molecule is Cc1cc2cc(O)ccc2n1C(=O)c1ccc(Cl)cc1. The number of halogens is 1. The molecule has 1 aromatic heterocycles. The van der Waals surface area contributed by atoms with Crippen LogP contribution in [-0.4, -0.2) is 15.6 Å². The number of benzene rings is 2. The number of aromatic hydroxyl groups is 1. The van der Waals surface area contributed by atoms with Crippen molar-refractivity contribution < 1.29 is 9.90 Å². The minimum absolute atomic E-state index is 0.111. The van der Waals surface area contributed by atoms with Gasteiger partial charge in [0.2, 0.25) is 0 Å². The number of fused-ring (bicyclic) bond motifs is 1. The standard InChI is InChI=1S/C16H12ClNO2/c1-10-8-12-9-14(19)6-7-15(12)18(10)16(20)11-2-4-13(17)5-3-11/h2-9,19H,1H3. The van der Waals surface area contributed by atoms with E-state index in [2.05, 4.69) is 0 Å². The van der Waals surface area contributed by atoms with Crippen molar-refractivity contribution in [3.05, 3.63) is 64.8 Å². The zero-order valence-electron chi connectivity index (χ0n) is 10.8. The Morgan fingerprint density at radius 2 is 1.80 bits per heavy atom. The lowest BCUT2D eigenvalue weighted by molar-refractivity contribution is 0.0963. The van der Waals surface area contributed by atoms with Gasteiger partial charge in [-0.2, -0.15) is 0 Å². The molecule has 4 heteroatoms. The summed E-state index contributed by atoms with van der Waals surface area (Å²) in [5, 5.41) is 10.9. The highest BCUT2D eigenvalue weighted by molar-refractivity contribution is 6.30. The molecule has 0 amide bonds. The molecule has 100 valence electrons. The van der Waals surface area contributed by atoms with Crippen molar-refractivity contribution in [3.63, 3.8) is 0 Å². The molecule has 0 saturated heterocycles. The Bertz CT molecular complexity index is 803. The molecule has 2 aromatic carbocycles. The first-order chi connectivity index (χ1) is 9.56. The van der Waals surface area contributed by atoms with Gasteiger partial charge in [-0.25, -0.2) is 0 Å². The number of carbonyl (C=O) groups excluding carboxylic acids is 1. The van der Waals surface area contributed by atoms with Crippen LogP contribution in [0.1, 0.15) is 16.1 Å². The molecule has 1 heterocycles. The predicted molar refractivity (Wildman–Crippen MR) is 79.5 cm³/mol. The Kier molecular flexibility index (Phi) is 2.99. The molecule has 0 bridgehead atoms. The van der Waals surface area contributed by atoms with Crippen molar-refractivity contribution >= 4 is 28.4 Å². The second-order valence-electron chi connectivity index (χ2n) is 4.68. The summed E-state index contributed by atoms with van der Waals surface area (Å²) in [6.45, 7) is 1.87. The molecule has 1 N–H and O–H groups in total. The van der Waals surface area contributed by atoms with Gasteiger partial charge in [0.05, 0.1) is 5.52 Å². The molecule has 0 aliphatic carbocycles. The Labute approximate surface area is 121 Å². The van der Waals surface area contributed by atoms with E-state index in [0.29, 0.717) is 10.6 Å². The smallest absolute Gasteiger partial charge is 0.262 e. The summed E-state index contributed by atoms with van der Waals surface area (Å²) < 4.78 is 1.64. The molecule has 0 fully saturated rings. The number of phenolic OH excluding ortho intramolecular Hbond substituents is 1. The summed E-state index contributed by atoms with van der Waals surface area (Å²) in [6.07, 6.45) is 0. The normalized spacial score (nSPS) is 10.9. The Morgan fingerprint density at radius 3 is 2.50 bits per heavy atom. The zero-order valence-corrected chi connectivity index (χ0v) is 11.6. The van der Waals surface area contributed by atoms with Gasteiger partial charge in [0.1, 0.15) is 5.75 Å². The van der Waals surface area contributed by atoms with Gasteiger partial charge < -0.3 is 5.11 Å². The molecular weight excluding hydrogens is 274 g/mol. The minimum atomic E-state index is -0.111. The van der Waals surface area contributed by atoms with E-state index in [-0.39, 0.29) is 11.7 Å². The van der Waals surface area contributed by atoms with E-state index in [1.807, 2.05) is 13.0 Å². The van der Waals surface area contributed by atoms with Crippen molar-refractivity contribution in [2.75, 3.05) is 0 Å². The number of nitrogens with zero attached hydrogens (tertiary/aromatic N) is 1. The molecule has 0 aliphatic rings. The molecule has 0 unspecified atom stereocenters. The van der Waals surface area contributed by atoms with Crippen molar-refractivity contribution in [1.29, 1.82) is 0 Å². The predicted octanol–water partition coefficient (Wildman–Crippen LogP) is 4.00. The second-order valence-corrected chi connectivity index (χ2v) is 5.11. The topological polar surface area (TPSA) is 42.2 Å². The molecule has 3 aromatic rings. The number of rotatable bonds is 1. The van der Waals surface area contributed by atoms with Crippen LogP contribution in [0.25, 0.3) is 10.9 Å². The van der Waals surface area contributed by atoms with Crippen LogP contribution in [0.4, 0.5) is 0 Å². The summed E-state index contributed by atoms with van der Waals surface area (Å²) in [7, 11) is 0. The molecule has 0 spiro atoms. The first-order valence-corrected chi connectivity index (χ1v) is 6.55. The van der Waals surface area contributed by atoms with E-state index in [9.17, 15) is 9.90 Å². The molecule has 0 saturated carbocycles. The Hall–Kier alpha value is -2.26. The maximum absolute atomic E-state index is 12.6. The number of carbonyl (C=O) groups is 1. The van der Waals surface area contributed by atoms with Crippen LogP contribution < -0.4 is 0 Å². The minimum Gasteiger partial charge on any atom is -0.508 e. The average molecular weight is 286 g/mol. The van der Waals surface area contributed by atoms with Gasteiger partial charge in [-0.1, -0.05) is 11.6 Å². The lowest BCUT2D eigenvalue weighted by Gasteiger charge is -2.07. The van der Waals surface area contributed by atoms with Crippen molar-refractivity contribution in [2.45, 2.75) is 6.92 Å². The third-order valence-electron chi connectivity index (χ3n) is 3.26. The van der Waals surface area contributed by atoms with E-state index in [1.165, 1.54) is 0 Å². The summed E-state index contributed by atoms with van der Waals surface area (Å²) >= 11 is 5.84. The number of hydrogen-bond acceptors (Lipinski definition) is 2. The van der Waals surface area contributed by atoms with Crippen molar-refractivity contribution in [3.8, 4) is 5.75 Å². The fraction of sp³-hybridized carbons (Fsp3) is 0.0625. The summed E-state index contributed by atoms with van der Waals surface area (Å²) in [5.74, 6) is 0.0773. The largest absolute Gasteiger partial charge is 0.508 e. The van der Waals surface area contributed by atoms with Gasteiger partial charge in [-0.15, -0.1) is 0 Å². The first kappa shape index (κ1) is 12.8. The van der Waals surface area contributed by atoms with Crippen LogP contribution in [0.3, 0.4) is 0 Å². The number of phenols is 1. The van der Waals surface area contributed by atoms with Crippen LogP contribution in [0.2, 0.25) is 5.02 Å². The summed E-state index contributed by atoms with van der Waals surface area (Å²) in [4.78, 5) is 12.6. The highest BCUT2D eigenvalue weighted by atomic mass is 35.5. The average Bonchev–Trinajstić information content (AvgIpc) is 2.73. The third kappa shape index (κ3) is 2.06. The van der Waals surface area contributed by atoms with Crippen LogP contribution in [0.15, 0.2) is 48.5 Å². The zero-order chi connectivity index (χ0) is 14.3. The molecular formula is C16H12ClNO2. The van der Waals surface area contributed by atoms with Gasteiger partial charge in [-0.05, 0) is 55.5 Å². The third-order valence-corrected chi connectivity index (χ3v) is 3.52. The molecule has 3 nitrogen and oxygen atoms in total. The quantitative estimate of drug-likeness (QED) is 0.734. The van der Waals surface area contributed by atoms with E-state index >= 15 is 0 Å². The van der Waals surface area contributed by atoms with E-state index in [1.54, 1.807) is 47.0 Å². The highest BCUT2D eigenvalue weighted by Gasteiger charge is 2.14. The van der Waals surface area contributed by atoms with Crippen LogP contribution in [0.5, 0.6) is 5.75 Å². The van der Waals surface area contributed by atoms with Gasteiger partial charge in [0, 0.05) is 21.7 Å². The van der Waals surface area contributed by atoms with Gasteiger partial charge >= 0.3 is 0 Å². The summed E-state index contributed by atoms with van der Waals surface area (Å²) in [5.41, 5.74) is 2.17. The highest BCUT2D eigenvalue weighted by Crippen LogP contribution is 2.25. The van der Waals surface area contributed by atoms with Gasteiger partial charge in [-0.3, -0.25) is 9.36 Å². The maximum atomic E-state index is 12.6. The lowest BCUT2D eigenvalue weighted by Crippen LogP contribution is -2.12. The van der Waals surface area contributed by atoms with E-state index in [0.717, 1.165) is 16.6 Å². The Morgan fingerprint density at radius 1 is 1.10 bits per heavy atom. The molecule has 20 heavy (non-hydrogen) atoms. The molecule has 0 atom stereocenters. The number of aryl methyl sites for hydroxylation is 1. The monoisotopic (exact) mass is 285 g/mol. The first-order valence-electron chi connectivity index (χ1n) is 6.17. The molecule has 0 radical (unpaired) electrons. The number of hydrogen-bond donors (Lipinski definition) is 1. The molecule has 0 aliphatic heterocycles. The molecule has 3 rings (SSSR count). The number of aromatic nitrogens is 1. The van der Waals surface area contributed by atoms with Crippen molar-refractivity contribution in [2.24, 2.45) is 0 Å². The van der Waals surface area contributed by atoms with Gasteiger partial charge in [0.15, 0.2) is 0 Å². The lowest BCUT2D eigenvalue weighted by atomic mass is 10.2. The fourth-order valence-electron chi connectivity index (χ4n) is 2.33. The van der Waals surface area contributed by atoms with Crippen LogP contribution in [0, 0.1) is 6.92 Å². The van der Waals surface area contributed by atoms with Crippen LogP contribution in [-0.2, 0) is 0 Å². The fourth-order valence-corrected chi connectivity index (χ4v) is 2.46. The second kappa shape index (κ2) is 4.69. The maximum Gasteiger partial charge on any atom is 0.262 e. The summed E-state index contributed by atoms with van der Waals surface area (Å²) in [6, 6.07) is 13.6. The van der Waals surface area contributed by atoms with Gasteiger partial charge in [0.25, 0.3) is 5.91 Å². The van der Waals surface area contributed by atoms with E-state index in [4.69, 9.17) is 11.6 Å². The Balaban J connectivity index is 2.16. The van der Waals surface area contributed by atoms with Crippen LogP contribution >= 0.6 is 11.6 Å². The van der Waals surface area contributed by atoms with E-state index < -0.39 is 0 Å². The van der Waals surface area contributed by atoms with Crippen molar-refractivity contribution in [1.82, 2.24) is 4.57 Å².